The van der Waals surface area contributed by atoms with Crippen LogP contribution in [0.25, 0.3) is 0 Å². The van der Waals surface area contributed by atoms with Gasteiger partial charge >= 0.3 is 5.97 Å². The van der Waals surface area contributed by atoms with E-state index >= 15 is 0 Å². The summed E-state index contributed by atoms with van der Waals surface area (Å²) in [5, 5.41) is 0. The van der Waals surface area contributed by atoms with Gasteiger partial charge in [0.1, 0.15) is 0 Å². The molecule has 0 aromatic rings. The summed E-state index contributed by atoms with van der Waals surface area (Å²) < 4.78 is 5.49. The molecule has 0 aromatic carbocycles. The van der Waals surface area contributed by atoms with E-state index in [-0.39, 0.29) is 5.97 Å². The number of carbonyl (C=O) groups is 1. The van der Waals surface area contributed by atoms with Crippen molar-refractivity contribution in [3.05, 3.63) is 0 Å². The van der Waals surface area contributed by atoms with Crippen LogP contribution in [0, 0.1) is 5.92 Å². The van der Waals surface area contributed by atoms with E-state index in [1.165, 1.54) is 89.9 Å². The van der Waals surface area contributed by atoms with Crippen molar-refractivity contribution >= 4 is 5.97 Å². The van der Waals surface area contributed by atoms with Crippen LogP contribution in [0.4, 0.5) is 0 Å². The zero-order valence-corrected chi connectivity index (χ0v) is 17.6. The average Bonchev–Trinajstić information content (AvgIpc) is 2.61. The number of esters is 1. The Morgan fingerprint density at radius 3 is 1.72 bits per heavy atom. The number of hydrogen-bond donors (Lipinski definition) is 0. The van der Waals surface area contributed by atoms with E-state index in [1.54, 1.807) is 0 Å². The first-order chi connectivity index (χ1) is 12.2. The van der Waals surface area contributed by atoms with Crippen LogP contribution in [0.15, 0.2) is 0 Å². The predicted molar refractivity (Wildman–Crippen MR) is 110 cm³/mol. The van der Waals surface area contributed by atoms with Crippen LogP contribution in [0.3, 0.4) is 0 Å². The predicted octanol–water partition coefficient (Wildman–Crippen LogP) is 7.84. The lowest BCUT2D eigenvalue weighted by Crippen LogP contribution is -2.10. The maximum Gasteiger partial charge on any atom is 0.305 e. The van der Waals surface area contributed by atoms with Gasteiger partial charge in [0.2, 0.25) is 0 Å². The molecule has 0 aliphatic carbocycles. The molecule has 2 nitrogen and oxygen atoms in total. The van der Waals surface area contributed by atoms with Crippen LogP contribution in [-0.4, -0.2) is 12.6 Å². The monoisotopic (exact) mass is 354 g/mol. The highest BCUT2D eigenvalue weighted by molar-refractivity contribution is 5.69. The van der Waals surface area contributed by atoms with E-state index < -0.39 is 0 Å². The Morgan fingerprint density at radius 2 is 1.12 bits per heavy atom. The Labute approximate surface area is 158 Å². The van der Waals surface area contributed by atoms with Gasteiger partial charge in [0, 0.05) is 6.42 Å². The molecular weight excluding hydrogens is 308 g/mol. The van der Waals surface area contributed by atoms with Gasteiger partial charge in [0.05, 0.1) is 6.61 Å². The number of ether oxygens (including phenoxy) is 1. The molecule has 0 aromatic heterocycles. The number of unbranched alkanes of at least 4 members (excludes halogenated alkanes) is 10. The molecule has 2 heteroatoms. The third-order valence-corrected chi connectivity index (χ3v) is 5.21. The molecule has 1 atom stereocenters. The molecule has 0 saturated heterocycles. The van der Waals surface area contributed by atoms with Crippen LogP contribution in [0.5, 0.6) is 0 Å². The van der Waals surface area contributed by atoms with Crippen molar-refractivity contribution in [2.24, 2.45) is 5.92 Å². The molecule has 0 radical (unpaired) electrons. The van der Waals surface area contributed by atoms with Crippen LogP contribution >= 0.6 is 0 Å². The van der Waals surface area contributed by atoms with E-state index in [1.807, 2.05) is 0 Å². The second-order valence-corrected chi connectivity index (χ2v) is 7.74. The molecule has 0 N–H and O–H groups in total. The van der Waals surface area contributed by atoms with Crippen molar-refractivity contribution in [2.75, 3.05) is 6.61 Å². The van der Waals surface area contributed by atoms with Gasteiger partial charge in [-0.25, -0.2) is 0 Å². The highest BCUT2D eigenvalue weighted by atomic mass is 16.5. The molecule has 0 saturated carbocycles. The number of hydrogen-bond acceptors (Lipinski definition) is 2. The average molecular weight is 355 g/mol. The zero-order valence-electron chi connectivity index (χ0n) is 17.6. The fraction of sp³-hybridized carbons (Fsp3) is 0.957. The summed E-state index contributed by atoms with van der Waals surface area (Å²) in [7, 11) is 0. The van der Waals surface area contributed by atoms with Crippen molar-refractivity contribution in [3.8, 4) is 0 Å². The molecule has 0 rings (SSSR count). The van der Waals surface area contributed by atoms with E-state index in [0.29, 0.717) is 13.0 Å². The van der Waals surface area contributed by atoms with E-state index in [4.69, 9.17) is 4.74 Å². The van der Waals surface area contributed by atoms with Crippen molar-refractivity contribution in [1.82, 2.24) is 0 Å². The second kappa shape index (κ2) is 19.8. The first kappa shape index (κ1) is 24.5. The zero-order chi connectivity index (χ0) is 18.6. The minimum absolute atomic E-state index is 0.0201. The van der Waals surface area contributed by atoms with Crippen molar-refractivity contribution in [2.45, 2.75) is 130 Å². The molecule has 0 aliphatic heterocycles. The highest BCUT2D eigenvalue weighted by Crippen LogP contribution is 2.21. The lowest BCUT2D eigenvalue weighted by atomic mass is 9.92. The van der Waals surface area contributed by atoms with Gasteiger partial charge in [0.15, 0.2) is 0 Å². The quantitative estimate of drug-likeness (QED) is 0.174. The third-order valence-electron chi connectivity index (χ3n) is 5.21. The molecule has 0 aliphatic rings. The molecule has 25 heavy (non-hydrogen) atoms. The first-order valence-electron chi connectivity index (χ1n) is 11.4. The van der Waals surface area contributed by atoms with E-state index in [0.717, 1.165) is 18.8 Å². The van der Waals surface area contributed by atoms with Gasteiger partial charge in [-0.15, -0.1) is 0 Å². The fourth-order valence-corrected chi connectivity index (χ4v) is 3.44. The Bertz CT molecular complexity index is 275. The summed E-state index contributed by atoms with van der Waals surface area (Å²) in [5.74, 6) is 0.775. The van der Waals surface area contributed by atoms with Crippen molar-refractivity contribution < 1.29 is 9.53 Å². The summed E-state index contributed by atoms with van der Waals surface area (Å²) >= 11 is 0. The third kappa shape index (κ3) is 18.1. The van der Waals surface area contributed by atoms with Gasteiger partial charge in [0.25, 0.3) is 0 Å². The number of rotatable bonds is 19. The first-order valence-corrected chi connectivity index (χ1v) is 11.4. The maximum absolute atomic E-state index is 11.8. The Morgan fingerprint density at radius 1 is 0.640 bits per heavy atom. The van der Waals surface area contributed by atoms with Crippen LogP contribution < -0.4 is 0 Å². The Balaban J connectivity index is 3.80. The molecule has 0 bridgehead atoms. The molecule has 150 valence electrons. The van der Waals surface area contributed by atoms with Gasteiger partial charge in [-0.3, -0.25) is 4.79 Å². The fourth-order valence-electron chi connectivity index (χ4n) is 3.44. The smallest absolute Gasteiger partial charge is 0.305 e. The molecule has 0 spiro atoms. The molecule has 1 unspecified atom stereocenters. The Kier molecular flexibility index (Phi) is 19.4. The lowest BCUT2D eigenvalue weighted by Gasteiger charge is -2.17. The van der Waals surface area contributed by atoms with Crippen LogP contribution in [0.2, 0.25) is 0 Å². The largest absolute Gasteiger partial charge is 0.466 e. The summed E-state index contributed by atoms with van der Waals surface area (Å²) in [6.07, 6.45) is 21.0. The SMILES string of the molecule is CCCCCCCC(=O)OCCC(CCCCC)CCCCCCC. The molecular formula is C23H46O2. The Hall–Kier alpha value is -0.530. The summed E-state index contributed by atoms with van der Waals surface area (Å²) in [6.45, 7) is 7.39. The normalized spacial score (nSPS) is 12.3. The summed E-state index contributed by atoms with van der Waals surface area (Å²) in [5.41, 5.74) is 0. The van der Waals surface area contributed by atoms with Gasteiger partial charge in [-0.1, -0.05) is 111 Å². The minimum Gasteiger partial charge on any atom is -0.466 e. The van der Waals surface area contributed by atoms with Crippen molar-refractivity contribution in [1.29, 1.82) is 0 Å². The maximum atomic E-state index is 11.8. The van der Waals surface area contributed by atoms with Gasteiger partial charge in [-0.05, 0) is 18.8 Å². The lowest BCUT2D eigenvalue weighted by molar-refractivity contribution is -0.144. The van der Waals surface area contributed by atoms with Gasteiger partial charge in [-0.2, -0.15) is 0 Å². The standard InChI is InChI=1S/C23H46O2/c1-4-7-10-12-15-18-22(17-14-9-6-3)20-21-25-23(24)19-16-13-11-8-5-2/h22H,4-21H2,1-3H3. The van der Waals surface area contributed by atoms with Crippen LogP contribution in [0.1, 0.15) is 130 Å². The minimum atomic E-state index is 0.0201. The topological polar surface area (TPSA) is 26.3 Å². The second-order valence-electron chi connectivity index (χ2n) is 7.74. The van der Waals surface area contributed by atoms with Crippen molar-refractivity contribution in [3.63, 3.8) is 0 Å². The summed E-state index contributed by atoms with van der Waals surface area (Å²) in [6, 6.07) is 0. The molecule has 0 amide bonds. The van der Waals surface area contributed by atoms with Crippen LogP contribution in [-0.2, 0) is 9.53 Å². The van der Waals surface area contributed by atoms with E-state index in [2.05, 4.69) is 20.8 Å². The van der Waals surface area contributed by atoms with E-state index in [9.17, 15) is 4.79 Å². The number of carbonyl (C=O) groups excluding carboxylic acids is 1. The molecule has 0 heterocycles. The van der Waals surface area contributed by atoms with Gasteiger partial charge < -0.3 is 4.74 Å². The summed E-state index contributed by atoms with van der Waals surface area (Å²) in [4.78, 5) is 11.8. The highest BCUT2D eigenvalue weighted by Gasteiger charge is 2.10. The molecule has 0 fully saturated rings.